The molecule has 1 amide bonds. The van der Waals surface area contributed by atoms with E-state index in [-0.39, 0.29) is 43.2 Å². The summed E-state index contributed by atoms with van der Waals surface area (Å²) >= 11 is 0. The van der Waals surface area contributed by atoms with Gasteiger partial charge in [-0.15, -0.1) is 24.8 Å². The fourth-order valence-electron chi connectivity index (χ4n) is 3.39. The number of piperazine rings is 1. The molecule has 166 valence electrons. The first-order chi connectivity index (χ1) is 13.3. The maximum absolute atomic E-state index is 12.8. The van der Waals surface area contributed by atoms with Crippen LogP contribution in [0.4, 0.5) is 13.2 Å². The van der Waals surface area contributed by atoms with Crippen molar-refractivity contribution in [1.82, 2.24) is 9.80 Å². The van der Waals surface area contributed by atoms with Crippen molar-refractivity contribution in [3.8, 4) is 0 Å². The number of rotatable bonds is 5. The summed E-state index contributed by atoms with van der Waals surface area (Å²) in [6, 6.07) is 14.6. The molecule has 0 saturated carbocycles. The van der Waals surface area contributed by atoms with E-state index in [9.17, 15) is 18.0 Å². The molecular formula is C21H26Cl2F3N3O. The number of benzene rings is 2. The highest BCUT2D eigenvalue weighted by atomic mass is 35.5. The SMILES string of the molecule is Cl.Cl.NC(CC(=O)N1CCN(Cc2cccc(C(F)(F)F)c2)CC1)c1ccccc1. The molecule has 1 aliphatic heterocycles. The molecule has 0 aliphatic carbocycles. The molecule has 2 aromatic rings. The van der Waals surface area contributed by atoms with Crippen LogP contribution in [-0.4, -0.2) is 41.9 Å². The number of alkyl halides is 3. The summed E-state index contributed by atoms with van der Waals surface area (Å²) in [7, 11) is 0. The van der Waals surface area contributed by atoms with E-state index in [4.69, 9.17) is 5.73 Å². The quantitative estimate of drug-likeness (QED) is 0.719. The van der Waals surface area contributed by atoms with E-state index < -0.39 is 11.7 Å². The number of hydrogen-bond acceptors (Lipinski definition) is 3. The molecule has 0 bridgehead atoms. The standard InChI is InChI=1S/C21H24F3N3O.2ClH/c22-21(23,24)18-8-4-5-16(13-18)15-26-9-11-27(12-10-26)20(28)14-19(25)17-6-2-1-3-7-17;;/h1-8,13,19H,9-12,14-15,25H2;2*1H. The summed E-state index contributed by atoms with van der Waals surface area (Å²) in [5.41, 5.74) is 7.06. The Labute approximate surface area is 187 Å². The van der Waals surface area contributed by atoms with Gasteiger partial charge in [-0.2, -0.15) is 13.2 Å². The molecule has 2 aromatic carbocycles. The van der Waals surface area contributed by atoms with E-state index in [0.717, 1.165) is 11.6 Å². The first-order valence-corrected chi connectivity index (χ1v) is 9.30. The molecule has 0 spiro atoms. The normalized spacial score (nSPS) is 15.7. The van der Waals surface area contributed by atoms with Gasteiger partial charge in [0.2, 0.25) is 5.91 Å². The molecule has 1 fully saturated rings. The summed E-state index contributed by atoms with van der Waals surface area (Å²) in [6.07, 6.45) is -4.09. The van der Waals surface area contributed by atoms with Crippen molar-refractivity contribution >= 4 is 30.7 Å². The number of nitrogens with two attached hydrogens (primary N) is 1. The lowest BCUT2D eigenvalue weighted by atomic mass is 10.0. The fourth-order valence-corrected chi connectivity index (χ4v) is 3.39. The van der Waals surface area contributed by atoms with Crippen LogP contribution in [0.15, 0.2) is 54.6 Å². The van der Waals surface area contributed by atoms with Crippen LogP contribution in [0, 0.1) is 0 Å². The molecule has 3 rings (SSSR count). The van der Waals surface area contributed by atoms with Crippen molar-refractivity contribution < 1.29 is 18.0 Å². The zero-order valence-electron chi connectivity index (χ0n) is 16.3. The third kappa shape index (κ3) is 7.16. The zero-order valence-corrected chi connectivity index (χ0v) is 18.0. The summed E-state index contributed by atoms with van der Waals surface area (Å²) in [4.78, 5) is 16.4. The lowest BCUT2D eigenvalue weighted by molar-refractivity contribution is -0.137. The highest BCUT2D eigenvalue weighted by Gasteiger charge is 2.30. The van der Waals surface area contributed by atoms with E-state index in [2.05, 4.69) is 4.90 Å². The monoisotopic (exact) mass is 463 g/mol. The summed E-state index contributed by atoms with van der Waals surface area (Å²) in [5.74, 6) is 0.00933. The van der Waals surface area contributed by atoms with E-state index >= 15 is 0 Å². The van der Waals surface area contributed by atoms with Crippen molar-refractivity contribution in [2.45, 2.75) is 25.2 Å². The Kier molecular flexibility index (Phi) is 10.1. The highest BCUT2D eigenvalue weighted by molar-refractivity contribution is 5.85. The minimum absolute atomic E-state index is 0. The van der Waals surface area contributed by atoms with Gasteiger partial charge in [0.1, 0.15) is 0 Å². The molecule has 0 radical (unpaired) electrons. The van der Waals surface area contributed by atoms with Crippen LogP contribution >= 0.6 is 24.8 Å². The van der Waals surface area contributed by atoms with Gasteiger partial charge in [0.15, 0.2) is 0 Å². The fraction of sp³-hybridized carbons (Fsp3) is 0.381. The predicted molar refractivity (Wildman–Crippen MR) is 116 cm³/mol. The molecule has 1 atom stereocenters. The second-order valence-electron chi connectivity index (χ2n) is 7.08. The summed E-state index contributed by atoms with van der Waals surface area (Å²) < 4.78 is 38.5. The second kappa shape index (κ2) is 11.6. The average Bonchev–Trinajstić information content (AvgIpc) is 2.69. The van der Waals surface area contributed by atoms with Gasteiger partial charge in [0.05, 0.1) is 5.56 Å². The van der Waals surface area contributed by atoms with Gasteiger partial charge in [0.25, 0.3) is 0 Å². The minimum atomic E-state index is -4.33. The van der Waals surface area contributed by atoms with Gasteiger partial charge < -0.3 is 10.6 Å². The average molecular weight is 464 g/mol. The Morgan fingerprint density at radius 2 is 1.60 bits per heavy atom. The summed E-state index contributed by atoms with van der Waals surface area (Å²) in [5, 5.41) is 0. The van der Waals surface area contributed by atoms with Gasteiger partial charge in [-0.1, -0.05) is 48.5 Å². The lowest BCUT2D eigenvalue weighted by Crippen LogP contribution is -2.48. The minimum Gasteiger partial charge on any atom is -0.340 e. The molecule has 1 heterocycles. The van der Waals surface area contributed by atoms with Crippen molar-refractivity contribution in [3.63, 3.8) is 0 Å². The van der Waals surface area contributed by atoms with Crippen LogP contribution in [0.2, 0.25) is 0 Å². The Balaban J connectivity index is 0.00000225. The van der Waals surface area contributed by atoms with E-state index in [0.29, 0.717) is 38.3 Å². The Hall–Kier alpha value is -1.80. The van der Waals surface area contributed by atoms with E-state index in [1.165, 1.54) is 12.1 Å². The number of carbonyl (C=O) groups is 1. The van der Waals surface area contributed by atoms with E-state index in [1.807, 2.05) is 30.3 Å². The first-order valence-electron chi connectivity index (χ1n) is 9.30. The van der Waals surface area contributed by atoms with Gasteiger partial charge in [-0.05, 0) is 17.2 Å². The summed E-state index contributed by atoms with van der Waals surface area (Å²) in [6.45, 7) is 2.80. The van der Waals surface area contributed by atoms with Crippen molar-refractivity contribution in [3.05, 3.63) is 71.3 Å². The van der Waals surface area contributed by atoms with Crippen molar-refractivity contribution in [2.24, 2.45) is 5.73 Å². The van der Waals surface area contributed by atoms with Crippen LogP contribution in [0.25, 0.3) is 0 Å². The number of carbonyl (C=O) groups excluding carboxylic acids is 1. The zero-order chi connectivity index (χ0) is 20.1. The molecule has 2 N–H and O–H groups in total. The number of halogens is 5. The van der Waals surface area contributed by atoms with Gasteiger partial charge in [-0.25, -0.2) is 0 Å². The second-order valence-corrected chi connectivity index (χ2v) is 7.08. The smallest absolute Gasteiger partial charge is 0.340 e. The maximum atomic E-state index is 12.8. The predicted octanol–water partition coefficient (Wildman–Crippen LogP) is 4.28. The van der Waals surface area contributed by atoms with Gasteiger partial charge in [-0.3, -0.25) is 9.69 Å². The van der Waals surface area contributed by atoms with Gasteiger partial charge >= 0.3 is 6.18 Å². The maximum Gasteiger partial charge on any atom is 0.416 e. The van der Waals surface area contributed by atoms with Gasteiger partial charge in [0, 0.05) is 45.2 Å². The molecule has 1 saturated heterocycles. The molecule has 4 nitrogen and oxygen atoms in total. The van der Waals surface area contributed by atoms with Crippen LogP contribution < -0.4 is 5.73 Å². The molecule has 1 aliphatic rings. The van der Waals surface area contributed by atoms with Crippen LogP contribution in [0.1, 0.15) is 29.2 Å². The lowest BCUT2D eigenvalue weighted by Gasteiger charge is -2.35. The Morgan fingerprint density at radius 3 is 2.20 bits per heavy atom. The van der Waals surface area contributed by atoms with Crippen LogP contribution in [0.3, 0.4) is 0 Å². The van der Waals surface area contributed by atoms with E-state index in [1.54, 1.807) is 11.0 Å². The highest BCUT2D eigenvalue weighted by Crippen LogP contribution is 2.29. The number of hydrogen-bond donors (Lipinski definition) is 1. The molecule has 1 unspecified atom stereocenters. The van der Waals surface area contributed by atoms with Crippen molar-refractivity contribution in [1.29, 1.82) is 0 Å². The number of amides is 1. The molecule has 0 aromatic heterocycles. The first kappa shape index (κ1) is 26.2. The molecule has 30 heavy (non-hydrogen) atoms. The topological polar surface area (TPSA) is 49.6 Å². The van der Waals surface area contributed by atoms with Crippen molar-refractivity contribution in [2.75, 3.05) is 26.2 Å². The van der Waals surface area contributed by atoms with Crippen LogP contribution in [0.5, 0.6) is 0 Å². The molecular weight excluding hydrogens is 438 g/mol. The Bertz CT molecular complexity index is 798. The largest absolute Gasteiger partial charge is 0.416 e. The third-order valence-corrected chi connectivity index (χ3v) is 5.01. The van der Waals surface area contributed by atoms with Crippen LogP contribution in [-0.2, 0) is 17.5 Å². The Morgan fingerprint density at radius 1 is 0.967 bits per heavy atom. The molecule has 9 heteroatoms. The third-order valence-electron chi connectivity index (χ3n) is 5.01. The number of nitrogens with zero attached hydrogens (tertiary/aromatic N) is 2.